The third kappa shape index (κ3) is 3.69. The van der Waals surface area contributed by atoms with Crippen molar-refractivity contribution in [3.63, 3.8) is 0 Å². The quantitative estimate of drug-likeness (QED) is 0.689. The first-order valence-electron chi connectivity index (χ1n) is 7.02. The second-order valence-corrected chi connectivity index (χ2v) is 7.22. The fraction of sp³-hybridized carbons (Fsp3) is 0.250. The summed E-state index contributed by atoms with van der Waals surface area (Å²) in [4.78, 5) is 8.85. The summed E-state index contributed by atoms with van der Waals surface area (Å²) in [6, 6.07) is 9.69. The second-order valence-electron chi connectivity index (χ2n) is 4.82. The first kappa shape index (κ1) is 15.1. The molecule has 6 heteroatoms. The summed E-state index contributed by atoms with van der Waals surface area (Å²) in [5.41, 5.74) is 2.53. The lowest BCUT2D eigenvalue weighted by molar-refractivity contribution is 0.573. The number of rotatable bonds is 6. The highest BCUT2D eigenvalue weighted by molar-refractivity contribution is 7.83. The van der Waals surface area contributed by atoms with Crippen LogP contribution < -0.4 is 0 Å². The van der Waals surface area contributed by atoms with Gasteiger partial charge in [-0.2, -0.15) is 0 Å². The van der Waals surface area contributed by atoms with E-state index in [2.05, 4.69) is 16.9 Å². The maximum Gasteiger partial charge on any atom is 0.226 e. The second kappa shape index (κ2) is 6.98. The Morgan fingerprint density at radius 2 is 1.91 bits per heavy atom. The number of aryl methyl sites for hydroxylation is 1. The number of hydrogen-bond acceptors (Lipinski definition) is 5. The molecule has 0 unspecified atom stereocenters. The number of aromatic nitrogens is 2. The molecule has 0 radical (unpaired) electrons. The van der Waals surface area contributed by atoms with Crippen molar-refractivity contribution in [2.75, 3.05) is 0 Å². The summed E-state index contributed by atoms with van der Waals surface area (Å²) < 4.78 is 17.7. The first-order valence-corrected chi connectivity index (χ1v) is 9.39. The summed E-state index contributed by atoms with van der Waals surface area (Å²) in [6.07, 6.45) is 2.50. The van der Waals surface area contributed by atoms with Crippen molar-refractivity contribution < 1.29 is 8.63 Å². The van der Waals surface area contributed by atoms with Crippen LogP contribution in [0.5, 0.6) is 0 Å². The lowest BCUT2D eigenvalue weighted by Gasteiger charge is -1.96. The van der Waals surface area contributed by atoms with E-state index >= 15 is 0 Å². The van der Waals surface area contributed by atoms with Crippen LogP contribution >= 0.6 is 11.3 Å². The molecule has 1 atom stereocenters. The number of oxazole rings is 1. The average molecular weight is 332 g/mol. The first-order chi connectivity index (χ1) is 10.7. The van der Waals surface area contributed by atoms with Crippen molar-refractivity contribution in [1.29, 1.82) is 0 Å². The van der Waals surface area contributed by atoms with Gasteiger partial charge in [-0.1, -0.05) is 25.1 Å². The van der Waals surface area contributed by atoms with Gasteiger partial charge in [-0.05, 0) is 18.6 Å². The normalized spacial score (nSPS) is 12.4. The average Bonchev–Trinajstić information content (AvgIpc) is 3.17. The standard InChI is InChI=1S/C16H16N2O2S2/c1-2-15-17-14(9-21-15)11-22(19)10-13-8-20-16(18-13)12-6-4-3-5-7-12/h3-9H,2,10-11H2,1H3/t22-/m1/s1. The smallest absolute Gasteiger partial charge is 0.226 e. The largest absolute Gasteiger partial charge is 0.444 e. The molecule has 2 aromatic heterocycles. The Bertz CT molecular complexity index is 765. The molecular weight excluding hydrogens is 316 g/mol. The lowest BCUT2D eigenvalue weighted by Crippen LogP contribution is -2.00. The van der Waals surface area contributed by atoms with Crippen LogP contribution in [0.3, 0.4) is 0 Å². The van der Waals surface area contributed by atoms with Crippen molar-refractivity contribution in [2.45, 2.75) is 24.9 Å². The lowest BCUT2D eigenvalue weighted by atomic mass is 10.2. The molecule has 22 heavy (non-hydrogen) atoms. The predicted octanol–water partition coefficient (Wildman–Crippen LogP) is 3.81. The van der Waals surface area contributed by atoms with Gasteiger partial charge in [-0.15, -0.1) is 11.3 Å². The van der Waals surface area contributed by atoms with Gasteiger partial charge in [0, 0.05) is 21.7 Å². The van der Waals surface area contributed by atoms with Crippen LogP contribution in [0.25, 0.3) is 11.5 Å². The Morgan fingerprint density at radius 3 is 2.64 bits per heavy atom. The molecule has 2 heterocycles. The topological polar surface area (TPSA) is 56.0 Å². The maximum atomic E-state index is 12.2. The number of nitrogens with zero attached hydrogens (tertiary/aromatic N) is 2. The molecule has 0 bridgehead atoms. The minimum Gasteiger partial charge on any atom is -0.444 e. The fourth-order valence-electron chi connectivity index (χ4n) is 2.05. The third-order valence-corrected chi connectivity index (χ3v) is 5.37. The molecule has 0 aliphatic rings. The predicted molar refractivity (Wildman–Crippen MR) is 89.0 cm³/mol. The van der Waals surface area contributed by atoms with Crippen LogP contribution in [0.15, 0.2) is 46.4 Å². The van der Waals surface area contributed by atoms with Gasteiger partial charge in [0.2, 0.25) is 5.89 Å². The Morgan fingerprint density at radius 1 is 1.14 bits per heavy atom. The Balaban J connectivity index is 1.63. The number of hydrogen-bond donors (Lipinski definition) is 0. The zero-order valence-corrected chi connectivity index (χ0v) is 13.8. The van der Waals surface area contributed by atoms with Crippen molar-refractivity contribution in [3.05, 3.63) is 58.4 Å². The van der Waals surface area contributed by atoms with Gasteiger partial charge < -0.3 is 4.42 Å². The molecule has 4 nitrogen and oxygen atoms in total. The maximum absolute atomic E-state index is 12.2. The van der Waals surface area contributed by atoms with E-state index in [1.54, 1.807) is 17.6 Å². The highest BCUT2D eigenvalue weighted by Crippen LogP contribution is 2.19. The highest BCUT2D eigenvalue weighted by Gasteiger charge is 2.11. The minimum absolute atomic E-state index is 0.384. The van der Waals surface area contributed by atoms with Gasteiger partial charge in [-0.25, -0.2) is 9.97 Å². The minimum atomic E-state index is -1.03. The van der Waals surface area contributed by atoms with Crippen LogP contribution in [0, 0.1) is 0 Å². The van der Waals surface area contributed by atoms with E-state index < -0.39 is 10.8 Å². The number of thiazole rings is 1. The summed E-state index contributed by atoms with van der Waals surface area (Å²) in [5.74, 6) is 1.41. The molecule has 114 valence electrons. The monoisotopic (exact) mass is 332 g/mol. The van der Waals surface area contributed by atoms with Crippen LogP contribution in [0.4, 0.5) is 0 Å². The molecular formula is C16H16N2O2S2. The molecule has 3 aromatic rings. The van der Waals surface area contributed by atoms with Gasteiger partial charge in [0.05, 0.1) is 27.9 Å². The zero-order chi connectivity index (χ0) is 15.4. The molecule has 1 aromatic carbocycles. The van der Waals surface area contributed by atoms with Crippen LogP contribution in [-0.2, 0) is 28.7 Å². The zero-order valence-electron chi connectivity index (χ0n) is 12.2. The Labute approximate surface area is 135 Å². The Hall–Kier alpha value is -1.79. The van der Waals surface area contributed by atoms with E-state index in [4.69, 9.17) is 4.42 Å². The molecule has 0 spiro atoms. The van der Waals surface area contributed by atoms with E-state index in [1.807, 2.05) is 35.7 Å². The highest BCUT2D eigenvalue weighted by atomic mass is 32.2. The molecule has 0 saturated carbocycles. The molecule has 0 saturated heterocycles. The Kier molecular flexibility index (Phi) is 4.80. The van der Waals surface area contributed by atoms with E-state index in [9.17, 15) is 4.21 Å². The summed E-state index contributed by atoms with van der Waals surface area (Å²) in [5, 5.41) is 3.06. The van der Waals surface area contributed by atoms with Crippen LogP contribution in [0.1, 0.15) is 23.3 Å². The molecule has 0 aliphatic carbocycles. The molecule has 0 amide bonds. The van der Waals surface area contributed by atoms with Crippen molar-refractivity contribution in [3.8, 4) is 11.5 Å². The van der Waals surface area contributed by atoms with Crippen molar-refractivity contribution in [2.24, 2.45) is 0 Å². The van der Waals surface area contributed by atoms with E-state index in [0.717, 1.165) is 22.7 Å². The van der Waals surface area contributed by atoms with Crippen molar-refractivity contribution >= 4 is 22.1 Å². The van der Waals surface area contributed by atoms with E-state index in [1.165, 1.54) is 0 Å². The SMILES string of the molecule is CCc1nc(C[S@](=O)Cc2coc(-c3ccccc3)n2)cs1. The summed E-state index contributed by atoms with van der Waals surface area (Å²) in [6.45, 7) is 2.07. The van der Waals surface area contributed by atoms with E-state index in [-0.39, 0.29) is 0 Å². The van der Waals surface area contributed by atoms with Crippen molar-refractivity contribution in [1.82, 2.24) is 9.97 Å². The van der Waals surface area contributed by atoms with E-state index in [0.29, 0.717) is 23.1 Å². The van der Waals surface area contributed by atoms with Gasteiger partial charge >= 0.3 is 0 Å². The summed E-state index contributed by atoms with van der Waals surface area (Å²) in [7, 11) is -1.03. The molecule has 0 fully saturated rings. The number of benzene rings is 1. The van der Waals surface area contributed by atoms with Gasteiger partial charge in [0.1, 0.15) is 6.26 Å². The van der Waals surface area contributed by atoms with Crippen LogP contribution in [-0.4, -0.2) is 14.2 Å². The van der Waals surface area contributed by atoms with Gasteiger partial charge in [0.15, 0.2) is 0 Å². The fourth-order valence-corrected chi connectivity index (χ4v) is 3.94. The summed E-state index contributed by atoms with van der Waals surface area (Å²) >= 11 is 1.62. The third-order valence-electron chi connectivity index (χ3n) is 3.09. The van der Waals surface area contributed by atoms with Crippen LogP contribution in [0.2, 0.25) is 0 Å². The van der Waals surface area contributed by atoms with Gasteiger partial charge in [0.25, 0.3) is 0 Å². The van der Waals surface area contributed by atoms with Gasteiger partial charge in [-0.3, -0.25) is 4.21 Å². The molecule has 0 aliphatic heterocycles. The molecule has 0 N–H and O–H groups in total. The molecule has 3 rings (SSSR count).